The van der Waals surface area contributed by atoms with Gasteiger partial charge in [0.1, 0.15) is 0 Å². The van der Waals surface area contributed by atoms with Gasteiger partial charge < -0.3 is 9.64 Å². The standard InChI is InChI=1S/C26H34N2O4S/c1-20-7-9-21(10-8-20)11-12-22-13-15-28(16-14-22)26(29)23-4-2-6-25(18-23)33(30,31)27-19-24-5-3-17-32-24/h2,4,6-10,18,22,24,27H,3,5,11-17,19H2,1H3/t24-/m0/s1. The third-order valence-electron chi connectivity index (χ3n) is 6.78. The van der Waals surface area contributed by atoms with Crippen molar-refractivity contribution in [2.24, 2.45) is 5.92 Å². The van der Waals surface area contributed by atoms with Crippen molar-refractivity contribution in [1.82, 2.24) is 9.62 Å². The predicted octanol–water partition coefficient (Wildman–Crippen LogP) is 3.94. The molecule has 7 heteroatoms. The van der Waals surface area contributed by atoms with Crippen molar-refractivity contribution in [2.75, 3.05) is 26.2 Å². The van der Waals surface area contributed by atoms with Gasteiger partial charge in [-0.25, -0.2) is 13.1 Å². The number of nitrogens with one attached hydrogen (secondary N) is 1. The minimum atomic E-state index is -3.68. The van der Waals surface area contributed by atoms with Gasteiger partial charge in [-0.1, -0.05) is 35.9 Å². The van der Waals surface area contributed by atoms with Gasteiger partial charge in [0.15, 0.2) is 0 Å². The van der Waals surface area contributed by atoms with Gasteiger partial charge in [0.2, 0.25) is 10.0 Å². The van der Waals surface area contributed by atoms with Gasteiger partial charge in [-0.2, -0.15) is 0 Å². The van der Waals surface area contributed by atoms with Crippen molar-refractivity contribution < 1.29 is 17.9 Å². The molecule has 1 N–H and O–H groups in total. The molecule has 1 atom stereocenters. The molecule has 2 aliphatic heterocycles. The maximum absolute atomic E-state index is 13.1. The van der Waals surface area contributed by atoms with Crippen LogP contribution in [0, 0.1) is 12.8 Å². The number of hydrogen-bond acceptors (Lipinski definition) is 4. The molecular formula is C26H34N2O4S. The lowest BCUT2D eigenvalue weighted by Crippen LogP contribution is -2.38. The van der Waals surface area contributed by atoms with Crippen LogP contribution in [0.4, 0.5) is 0 Å². The van der Waals surface area contributed by atoms with Crippen LogP contribution in [0.15, 0.2) is 53.4 Å². The van der Waals surface area contributed by atoms with Crippen LogP contribution in [-0.4, -0.2) is 51.6 Å². The number of benzene rings is 2. The monoisotopic (exact) mass is 470 g/mol. The minimum Gasteiger partial charge on any atom is -0.377 e. The number of likely N-dealkylation sites (tertiary alicyclic amines) is 1. The van der Waals surface area contributed by atoms with Gasteiger partial charge in [-0.15, -0.1) is 0 Å². The van der Waals surface area contributed by atoms with E-state index in [1.807, 2.05) is 4.90 Å². The third-order valence-corrected chi connectivity index (χ3v) is 8.20. The summed E-state index contributed by atoms with van der Waals surface area (Å²) >= 11 is 0. The molecule has 1 amide bonds. The molecule has 2 fully saturated rings. The number of carbonyl (C=O) groups is 1. The van der Waals surface area contributed by atoms with Gasteiger partial charge in [-0.05, 0) is 75.1 Å². The lowest BCUT2D eigenvalue weighted by Gasteiger charge is -2.32. The second-order valence-corrected chi connectivity index (χ2v) is 11.0. The molecule has 178 valence electrons. The number of hydrogen-bond donors (Lipinski definition) is 1. The lowest BCUT2D eigenvalue weighted by molar-refractivity contribution is 0.0686. The van der Waals surface area contributed by atoms with Crippen LogP contribution in [0.2, 0.25) is 0 Å². The van der Waals surface area contributed by atoms with Crippen LogP contribution in [0.5, 0.6) is 0 Å². The van der Waals surface area contributed by atoms with Crippen LogP contribution in [0.1, 0.15) is 53.6 Å². The summed E-state index contributed by atoms with van der Waals surface area (Å²) < 4.78 is 33.5. The molecule has 0 saturated carbocycles. The van der Waals surface area contributed by atoms with E-state index in [4.69, 9.17) is 4.74 Å². The normalized spacial score (nSPS) is 19.7. The number of ether oxygens (including phenoxy) is 1. The average Bonchev–Trinajstić information content (AvgIpc) is 3.36. The van der Waals surface area contributed by atoms with Crippen LogP contribution < -0.4 is 4.72 Å². The van der Waals surface area contributed by atoms with E-state index < -0.39 is 10.0 Å². The summed E-state index contributed by atoms with van der Waals surface area (Å²) in [6, 6.07) is 15.1. The highest BCUT2D eigenvalue weighted by molar-refractivity contribution is 7.89. The SMILES string of the molecule is Cc1ccc(CCC2CCN(C(=O)c3cccc(S(=O)(=O)NC[C@@H]4CCCO4)c3)CC2)cc1. The van der Waals surface area contributed by atoms with Crippen molar-refractivity contribution in [3.8, 4) is 0 Å². The molecule has 2 aromatic rings. The number of aryl methyl sites for hydroxylation is 2. The van der Waals surface area contributed by atoms with Crippen LogP contribution in [-0.2, 0) is 21.2 Å². The topological polar surface area (TPSA) is 75.7 Å². The summed E-state index contributed by atoms with van der Waals surface area (Å²) in [5, 5.41) is 0. The summed E-state index contributed by atoms with van der Waals surface area (Å²) in [5.41, 5.74) is 3.07. The van der Waals surface area contributed by atoms with Gasteiger partial charge >= 0.3 is 0 Å². The van der Waals surface area contributed by atoms with Crippen molar-refractivity contribution in [1.29, 1.82) is 0 Å². The first kappa shape index (κ1) is 23.9. The van der Waals surface area contributed by atoms with Crippen molar-refractivity contribution in [3.05, 3.63) is 65.2 Å². The van der Waals surface area contributed by atoms with E-state index in [2.05, 4.69) is 35.9 Å². The fourth-order valence-corrected chi connectivity index (χ4v) is 5.73. The van der Waals surface area contributed by atoms with E-state index in [9.17, 15) is 13.2 Å². The van der Waals surface area contributed by atoms with Crippen molar-refractivity contribution in [3.63, 3.8) is 0 Å². The zero-order chi connectivity index (χ0) is 23.3. The Morgan fingerprint density at radius 3 is 2.55 bits per heavy atom. The fraction of sp³-hybridized carbons (Fsp3) is 0.500. The number of carbonyl (C=O) groups excluding carboxylic acids is 1. The second kappa shape index (κ2) is 10.8. The summed E-state index contributed by atoms with van der Waals surface area (Å²) in [7, 11) is -3.68. The van der Waals surface area contributed by atoms with E-state index in [0.29, 0.717) is 31.2 Å². The van der Waals surface area contributed by atoms with Crippen molar-refractivity contribution in [2.45, 2.75) is 56.4 Å². The first-order chi connectivity index (χ1) is 15.9. The fourth-order valence-electron chi connectivity index (χ4n) is 4.62. The molecule has 6 nitrogen and oxygen atoms in total. The van der Waals surface area contributed by atoms with Crippen molar-refractivity contribution >= 4 is 15.9 Å². The Morgan fingerprint density at radius 2 is 1.85 bits per heavy atom. The van der Waals surface area contributed by atoms with Gasteiger partial charge in [-0.3, -0.25) is 4.79 Å². The highest BCUT2D eigenvalue weighted by Crippen LogP contribution is 2.24. The zero-order valence-corrected chi connectivity index (χ0v) is 20.1. The summed E-state index contributed by atoms with van der Waals surface area (Å²) in [6.45, 7) is 4.47. The molecule has 2 saturated heterocycles. The van der Waals surface area contributed by atoms with E-state index in [1.54, 1.807) is 12.1 Å². The summed E-state index contributed by atoms with van der Waals surface area (Å²) in [4.78, 5) is 15.0. The second-order valence-electron chi connectivity index (χ2n) is 9.27. The molecule has 0 bridgehead atoms. The van der Waals surface area contributed by atoms with Crippen LogP contribution in [0.3, 0.4) is 0 Å². The largest absolute Gasteiger partial charge is 0.377 e. The van der Waals surface area contributed by atoms with E-state index in [0.717, 1.165) is 38.5 Å². The molecule has 0 spiro atoms. The first-order valence-corrected chi connectivity index (χ1v) is 13.5. The van der Waals surface area contributed by atoms with Gasteiger partial charge in [0.05, 0.1) is 11.0 Å². The van der Waals surface area contributed by atoms with Gasteiger partial charge in [0.25, 0.3) is 5.91 Å². The molecule has 4 rings (SSSR count). The predicted molar refractivity (Wildman–Crippen MR) is 129 cm³/mol. The number of rotatable bonds is 8. The number of nitrogens with zero attached hydrogens (tertiary/aromatic N) is 1. The smallest absolute Gasteiger partial charge is 0.253 e. The maximum Gasteiger partial charge on any atom is 0.253 e. The van der Waals surface area contributed by atoms with E-state index >= 15 is 0 Å². The van der Waals surface area contributed by atoms with E-state index in [-0.39, 0.29) is 23.5 Å². The Labute approximate surface area is 197 Å². The molecule has 33 heavy (non-hydrogen) atoms. The highest BCUT2D eigenvalue weighted by atomic mass is 32.2. The third kappa shape index (κ3) is 6.43. The molecule has 2 heterocycles. The Kier molecular flexibility index (Phi) is 7.83. The Morgan fingerprint density at radius 1 is 1.09 bits per heavy atom. The number of piperidine rings is 1. The maximum atomic E-state index is 13.1. The number of amides is 1. The van der Waals surface area contributed by atoms with Crippen LogP contribution in [0.25, 0.3) is 0 Å². The first-order valence-electron chi connectivity index (χ1n) is 12.0. The van der Waals surface area contributed by atoms with Gasteiger partial charge in [0, 0.05) is 31.8 Å². The Bertz CT molecular complexity index is 1040. The molecule has 0 unspecified atom stereocenters. The Hall–Kier alpha value is -2.22. The lowest BCUT2D eigenvalue weighted by atomic mass is 9.90. The average molecular weight is 471 g/mol. The zero-order valence-electron chi connectivity index (χ0n) is 19.3. The Balaban J connectivity index is 1.29. The minimum absolute atomic E-state index is 0.0723. The summed E-state index contributed by atoms with van der Waals surface area (Å²) in [5.74, 6) is 0.521. The molecular weight excluding hydrogens is 436 g/mol. The molecule has 0 aromatic heterocycles. The molecule has 0 aliphatic carbocycles. The van der Waals surface area contributed by atoms with Crippen LogP contribution >= 0.6 is 0 Å². The summed E-state index contributed by atoms with van der Waals surface area (Å²) in [6.07, 6.45) is 5.92. The van der Waals surface area contributed by atoms with E-state index in [1.165, 1.54) is 23.3 Å². The molecule has 2 aliphatic rings. The molecule has 0 radical (unpaired) electrons. The molecule has 2 aromatic carbocycles. The number of sulfonamides is 1. The quantitative estimate of drug-likeness (QED) is 0.634. The highest BCUT2D eigenvalue weighted by Gasteiger charge is 2.25.